The average Bonchev–Trinajstić information content (AvgIpc) is 3.46. The Hall–Kier alpha value is -3.11. The smallest absolute Gasteiger partial charge is 0.343 e. The molecule has 8 nitrogen and oxygen atoms in total. The molecule has 2 heterocycles. The number of hydrogen-bond acceptors (Lipinski definition) is 7. The van der Waals surface area contributed by atoms with Crippen LogP contribution in [0.5, 0.6) is 11.5 Å². The maximum Gasteiger partial charge on any atom is 0.343 e. The van der Waals surface area contributed by atoms with Gasteiger partial charge in [-0.1, -0.05) is 17.7 Å². The van der Waals surface area contributed by atoms with Crippen molar-refractivity contribution in [2.24, 2.45) is 0 Å². The van der Waals surface area contributed by atoms with Gasteiger partial charge in [0.1, 0.15) is 6.54 Å². The van der Waals surface area contributed by atoms with Crippen molar-refractivity contribution < 1.29 is 28.7 Å². The minimum Gasteiger partial charge on any atom is -0.493 e. The molecular weight excluding hydrogens is 536 g/mol. The lowest BCUT2D eigenvalue weighted by atomic mass is 10.1. The van der Waals surface area contributed by atoms with E-state index < -0.39 is 17.1 Å². The minimum absolute atomic E-state index is 0.194. The molecule has 2 saturated heterocycles. The van der Waals surface area contributed by atoms with E-state index in [0.717, 1.165) is 35.1 Å². The number of imide groups is 1. The Bertz CT molecular complexity index is 1220. The molecule has 0 N–H and O–H groups in total. The second kappa shape index (κ2) is 10.7. The second-order valence-electron chi connectivity index (χ2n) is 8.15. The molecule has 2 aliphatic rings. The standard InChI is InChI=1S/C25H23BrN2O6S/c1-15-5-7-17(8-6-15)24(31)34-22-18(26)11-16(12-19(22)33-2)13-20-23(30)28(25(32)35-20)14-21(29)27-9-3-4-10-27/h5-8,11-13H,3-4,9-10,14H2,1-2H3/b20-13-. The number of aryl methyl sites for hydroxylation is 1. The average molecular weight is 559 g/mol. The summed E-state index contributed by atoms with van der Waals surface area (Å²) in [6, 6.07) is 10.2. The van der Waals surface area contributed by atoms with Gasteiger partial charge in [-0.05, 0) is 83.4 Å². The third-order valence-electron chi connectivity index (χ3n) is 5.66. The number of amides is 3. The first-order chi connectivity index (χ1) is 16.8. The van der Waals surface area contributed by atoms with Gasteiger partial charge in [-0.25, -0.2) is 4.79 Å². The van der Waals surface area contributed by atoms with Gasteiger partial charge in [0.15, 0.2) is 11.5 Å². The fourth-order valence-corrected chi connectivity index (χ4v) is 5.13. The largest absolute Gasteiger partial charge is 0.493 e. The van der Waals surface area contributed by atoms with Gasteiger partial charge in [0.2, 0.25) is 5.91 Å². The first-order valence-electron chi connectivity index (χ1n) is 11.0. The maximum absolute atomic E-state index is 12.8. The number of hydrogen-bond donors (Lipinski definition) is 0. The number of carbonyl (C=O) groups is 4. The topological polar surface area (TPSA) is 93.2 Å². The van der Waals surface area contributed by atoms with Gasteiger partial charge in [-0.3, -0.25) is 19.3 Å². The van der Waals surface area contributed by atoms with Crippen molar-refractivity contribution in [3.05, 3.63) is 62.5 Å². The predicted molar refractivity (Wildman–Crippen MR) is 135 cm³/mol. The van der Waals surface area contributed by atoms with E-state index in [9.17, 15) is 19.2 Å². The van der Waals surface area contributed by atoms with Gasteiger partial charge in [0.05, 0.1) is 22.1 Å². The Labute approximate surface area is 215 Å². The quantitative estimate of drug-likeness (QED) is 0.289. The molecule has 10 heteroatoms. The molecule has 0 radical (unpaired) electrons. The van der Waals surface area contributed by atoms with Crippen LogP contribution in [0.4, 0.5) is 4.79 Å². The molecule has 0 spiro atoms. The SMILES string of the molecule is COc1cc(/C=C2\SC(=O)N(CC(=O)N3CCCC3)C2=O)cc(Br)c1OC(=O)c1ccc(C)cc1. The molecule has 0 unspecified atom stereocenters. The number of nitrogens with zero attached hydrogens (tertiary/aromatic N) is 2. The number of likely N-dealkylation sites (tertiary alicyclic amines) is 1. The molecule has 35 heavy (non-hydrogen) atoms. The number of esters is 1. The number of ether oxygens (including phenoxy) is 2. The van der Waals surface area contributed by atoms with E-state index in [4.69, 9.17) is 9.47 Å². The van der Waals surface area contributed by atoms with E-state index in [1.807, 2.05) is 19.1 Å². The maximum atomic E-state index is 12.8. The highest BCUT2D eigenvalue weighted by Crippen LogP contribution is 2.39. The number of carbonyl (C=O) groups excluding carboxylic acids is 4. The fraction of sp³-hybridized carbons (Fsp3) is 0.280. The summed E-state index contributed by atoms with van der Waals surface area (Å²) in [4.78, 5) is 53.1. The molecule has 2 aromatic carbocycles. The molecule has 182 valence electrons. The third kappa shape index (κ3) is 5.59. The summed E-state index contributed by atoms with van der Waals surface area (Å²) in [6.07, 6.45) is 3.41. The highest BCUT2D eigenvalue weighted by Gasteiger charge is 2.37. The van der Waals surface area contributed by atoms with E-state index in [0.29, 0.717) is 28.7 Å². The van der Waals surface area contributed by atoms with Gasteiger partial charge in [-0.15, -0.1) is 0 Å². The lowest BCUT2D eigenvalue weighted by Gasteiger charge is -2.18. The highest BCUT2D eigenvalue weighted by molar-refractivity contribution is 9.10. The predicted octanol–water partition coefficient (Wildman–Crippen LogP) is 4.64. The van der Waals surface area contributed by atoms with Crippen LogP contribution in [0, 0.1) is 6.92 Å². The number of rotatable bonds is 6. The van der Waals surface area contributed by atoms with Crippen molar-refractivity contribution in [3.63, 3.8) is 0 Å². The van der Waals surface area contributed by atoms with Crippen LogP contribution in [-0.4, -0.2) is 59.6 Å². The fourth-order valence-electron chi connectivity index (χ4n) is 3.75. The van der Waals surface area contributed by atoms with Gasteiger partial charge in [-0.2, -0.15) is 0 Å². The first-order valence-corrected chi connectivity index (χ1v) is 12.6. The van der Waals surface area contributed by atoms with Crippen LogP contribution in [0.25, 0.3) is 6.08 Å². The summed E-state index contributed by atoms with van der Waals surface area (Å²) in [5.41, 5.74) is 1.97. The molecule has 0 atom stereocenters. The monoisotopic (exact) mass is 558 g/mol. The zero-order valence-electron chi connectivity index (χ0n) is 19.2. The third-order valence-corrected chi connectivity index (χ3v) is 7.15. The number of benzene rings is 2. The Kier molecular flexibility index (Phi) is 7.61. The van der Waals surface area contributed by atoms with E-state index in [1.165, 1.54) is 7.11 Å². The first kappa shape index (κ1) is 25.0. The summed E-state index contributed by atoms with van der Waals surface area (Å²) in [5.74, 6) is -0.817. The van der Waals surface area contributed by atoms with Crippen molar-refractivity contribution in [3.8, 4) is 11.5 Å². The van der Waals surface area contributed by atoms with E-state index in [2.05, 4.69) is 15.9 Å². The molecule has 0 saturated carbocycles. The lowest BCUT2D eigenvalue weighted by molar-refractivity contribution is -0.135. The molecule has 3 amide bonds. The molecule has 0 aliphatic carbocycles. The van der Waals surface area contributed by atoms with Crippen molar-refractivity contribution >= 4 is 56.8 Å². The lowest BCUT2D eigenvalue weighted by Crippen LogP contribution is -2.40. The van der Waals surface area contributed by atoms with Gasteiger partial charge >= 0.3 is 5.97 Å². The van der Waals surface area contributed by atoms with Gasteiger partial charge in [0, 0.05) is 13.1 Å². The van der Waals surface area contributed by atoms with Crippen LogP contribution in [0.2, 0.25) is 0 Å². The Morgan fingerprint density at radius 2 is 1.80 bits per heavy atom. The molecule has 0 aromatic heterocycles. The normalized spacial score (nSPS) is 16.8. The molecule has 2 fully saturated rings. The van der Waals surface area contributed by atoms with Crippen molar-refractivity contribution in [2.75, 3.05) is 26.7 Å². The summed E-state index contributed by atoms with van der Waals surface area (Å²) in [6.45, 7) is 2.97. The molecule has 4 rings (SSSR count). The molecule has 2 aromatic rings. The Balaban J connectivity index is 1.52. The van der Waals surface area contributed by atoms with Gasteiger partial charge in [0.25, 0.3) is 11.1 Å². The van der Waals surface area contributed by atoms with Crippen LogP contribution >= 0.6 is 27.7 Å². The van der Waals surface area contributed by atoms with Crippen molar-refractivity contribution in [1.29, 1.82) is 0 Å². The number of halogens is 1. The Morgan fingerprint density at radius 3 is 2.46 bits per heavy atom. The van der Waals surface area contributed by atoms with Crippen molar-refractivity contribution in [2.45, 2.75) is 19.8 Å². The van der Waals surface area contributed by atoms with Gasteiger partial charge < -0.3 is 14.4 Å². The number of methoxy groups -OCH3 is 1. The molecule has 2 aliphatic heterocycles. The van der Waals surface area contributed by atoms with Crippen LogP contribution in [0.3, 0.4) is 0 Å². The zero-order chi connectivity index (χ0) is 25.1. The molecular formula is C25H23BrN2O6S. The second-order valence-corrected chi connectivity index (χ2v) is 9.99. The highest BCUT2D eigenvalue weighted by atomic mass is 79.9. The summed E-state index contributed by atoms with van der Waals surface area (Å²) in [7, 11) is 1.44. The summed E-state index contributed by atoms with van der Waals surface area (Å²) in [5, 5.41) is -0.483. The van der Waals surface area contributed by atoms with E-state index in [-0.39, 0.29) is 28.9 Å². The summed E-state index contributed by atoms with van der Waals surface area (Å²) >= 11 is 4.18. The molecule has 0 bridgehead atoms. The van der Waals surface area contributed by atoms with E-state index >= 15 is 0 Å². The van der Waals surface area contributed by atoms with Crippen LogP contribution in [0.15, 0.2) is 45.8 Å². The minimum atomic E-state index is -0.541. The Morgan fingerprint density at radius 1 is 1.11 bits per heavy atom. The van der Waals surface area contributed by atoms with Crippen molar-refractivity contribution in [1.82, 2.24) is 9.80 Å². The van der Waals surface area contributed by atoms with Crippen LogP contribution in [0.1, 0.15) is 34.3 Å². The van der Waals surface area contributed by atoms with Crippen LogP contribution in [-0.2, 0) is 9.59 Å². The zero-order valence-corrected chi connectivity index (χ0v) is 21.6. The number of thioether (sulfide) groups is 1. The summed E-state index contributed by atoms with van der Waals surface area (Å²) < 4.78 is 11.4. The van der Waals surface area contributed by atoms with E-state index in [1.54, 1.807) is 35.2 Å². The van der Waals surface area contributed by atoms with Crippen LogP contribution < -0.4 is 9.47 Å².